The molecule has 0 spiro atoms. The molecular weight excluding hydrogens is 398 g/mol. The maximum absolute atomic E-state index is 12.7. The zero-order valence-corrected chi connectivity index (χ0v) is 18.4. The number of nitrogen functional groups attached to an aromatic ring is 1. The number of carbonyl (C=O) groups excluding carboxylic acids is 1. The molecular formula is C23H31N3O5. The van der Waals surface area contributed by atoms with Gasteiger partial charge in [0.1, 0.15) is 12.4 Å². The first-order valence-electron chi connectivity index (χ1n) is 10.1. The first-order valence-corrected chi connectivity index (χ1v) is 10.1. The molecule has 0 radical (unpaired) electrons. The van der Waals surface area contributed by atoms with Gasteiger partial charge in [-0.2, -0.15) is 0 Å². The molecule has 1 unspecified atom stereocenters. The molecule has 0 saturated heterocycles. The van der Waals surface area contributed by atoms with Crippen molar-refractivity contribution in [2.24, 2.45) is 5.73 Å². The van der Waals surface area contributed by atoms with Crippen LogP contribution in [0.25, 0.3) is 0 Å². The number of anilines is 1. The predicted octanol–water partition coefficient (Wildman–Crippen LogP) is 3.24. The van der Waals surface area contributed by atoms with Crippen LogP contribution in [0.1, 0.15) is 44.9 Å². The highest BCUT2D eigenvalue weighted by Gasteiger charge is 2.24. The van der Waals surface area contributed by atoms with Gasteiger partial charge in [0.05, 0.1) is 18.8 Å². The molecule has 0 amide bonds. The number of nitrogens with two attached hydrogens (primary N) is 1. The molecule has 0 bridgehead atoms. The second-order valence-electron chi connectivity index (χ2n) is 7.56. The van der Waals surface area contributed by atoms with Crippen LogP contribution in [0.3, 0.4) is 0 Å². The van der Waals surface area contributed by atoms with Gasteiger partial charge < -0.3 is 30.4 Å². The number of esters is 1. The van der Waals surface area contributed by atoms with E-state index < -0.39 is 17.6 Å². The zero-order chi connectivity index (χ0) is 23.0. The zero-order valence-electron chi connectivity index (χ0n) is 18.4. The van der Waals surface area contributed by atoms with Crippen LogP contribution >= 0.6 is 0 Å². The third-order valence-corrected chi connectivity index (χ3v) is 4.21. The standard InChI is InChI=1S/C23H31N3O5/c1-5-29-19-13-16(9-12-18(19)31-14-23(3,4)28)20(22(27)30-6-2)26-17-10-7-15(8-11-17)21(24)25/h7-13,20,26,28H,5-6,14H2,1-4H3,(H3,24,25). The van der Waals surface area contributed by atoms with Crippen molar-refractivity contribution in [3.05, 3.63) is 53.6 Å². The number of amidine groups is 1. The van der Waals surface area contributed by atoms with Crippen molar-refractivity contribution >= 4 is 17.5 Å². The smallest absolute Gasteiger partial charge is 0.333 e. The number of nitrogens with one attached hydrogen (secondary N) is 2. The fourth-order valence-electron chi connectivity index (χ4n) is 2.76. The van der Waals surface area contributed by atoms with Gasteiger partial charge >= 0.3 is 5.97 Å². The molecule has 0 saturated carbocycles. The summed E-state index contributed by atoms with van der Waals surface area (Å²) in [6, 6.07) is 11.3. The van der Waals surface area contributed by atoms with Crippen LogP contribution in [0.15, 0.2) is 42.5 Å². The van der Waals surface area contributed by atoms with E-state index in [4.69, 9.17) is 25.4 Å². The summed E-state index contributed by atoms with van der Waals surface area (Å²) < 4.78 is 16.7. The molecule has 0 aliphatic heterocycles. The van der Waals surface area contributed by atoms with Gasteiger partial charge in [-0.1, -0.05) is 6.07 Å². The molecule has 0 aliphatic rings. The molecule has 8 nitrogen and oxygen atoms in total. The molecule has 168 valence electrons. The van der Waals surface area contributed by atoms with Gasteiger partial charge in [0.2, 0.25) is 0 Å². The van der Waals surface area contributed by atoms with Crippen LogP contribution in [0, 0.1) is 5.41 Å². The number of hydrogen-bond donors (Lipinski definition) is 4. The topological polar surface area (TPSA) is 127 Å². The summed E-state index contributed by atoms with van der Waals surface area (Å²) in [6.45, 7) is 7.64. The largest absolute Gasteiger partial charge is 0.490 e. The number of hydrogen-bond acceptors (Lipinski definition) is 7. The fraction of sp³-hybridized carbons (Fsp3) is 0.391. The second-order valence-corrected chi connectivity index (χ2v) is 7.56. The van der Waals surface area contributed by atoms with Crippen molar-refractivity contribution in [3.8, 4) is 11.5 Å². The summed E-state index contributed by atoms with van der Waals surface area (Å²) >= 11 is 0. The SMILES string of the molecule is CCOC(=O)C(Nc1ccc(C(=N)N)cc1)c1ccc(OCC(C)(C)O)c(OCC)c1. The summed E-state index contributed by atoms with van der Waals surface area (Å²) in [6.07, 6.45) is 0. The molecule has 8 heteroatoms. The van der Waals surface area contributed by atoms with E-state index in [1.807, 2.05) is 6.92 Å². The number of benzene rings is 2. The lowest BCUT2D eigenvalue weighted by Crippen LogP contribution is -2.28. The van der Waals surface area contributed by atoms with Gasteiger partial charge in [-0.3, -0.25) is 5.41 Å². The molecule has 1 atom stereocenters. The Hall–Kier alpha value is -3.26. The maximum Gasteiger partial charge on any atom is 0.333 e. The summed E-state index contributed by atoms with van der Waals surface area (Å²) in [5, 5.41) is 20.6. The van der Waals surface area contributed by atoms with Crippen LogP contribution < -0.4 is 20.5 Å². The van der Waals surface area contributed by atoms with E-state index in [-0.39, 0.29) is 19.0 Å². The Morgan fingerprint density at radius 3 is 2.32 bits per heavy atom. The van der Waals surface area contributed by atoms with Gasteiger partial charge in [0, 0.05) is 11.3 Å². The third kappa shape index (κ3) is 7.18. The van der Waals surface area contributed by atoms with Gasteiger partial charge in [-0.25, -0.2) is 4.79 Å². The van der Waals surface area contributed by atoms with E-state index in [0.29, 0.717) is 34.9 Å². The van der Waals surface area contributed by atoms with Crippen LogP contribution in [0.4, 0.5) is 5.69 Å². The predicted molar refractivity (Wildman–Crippen MR) is 120 cm³/mol. The summed E-state index contributed by atoms with van der Waals surface area (Å²) in [5.41, 5.74) is 6.40. The minimum absolute atomic E-state index is 0.0310. The van der Waals surface area contributed by atoms with Crippen molar-refractivity contribution in [1.82, 2.24) is 0 Å². The average Bonchev–Trinajstić information content (AvgIpc) is 2.71. The summed E-state index contributed by atoms with van der Waals surface area (Å²) in [4.78, 5) is 12.7. The number of aliphatic hydroxyl groups is 1. The molecule has 5 N–H and O–H groups in total. The van der Waals surface area contributed by atoms with E-state index >= 15 is 0 Å². The van der Waals surface area contributed by atoms with Crippen molar-refractivity contribution < 1.29 is 24.1 Å². The van der Waals surface area contributed by atoms with Gasteiger partial charge in [0.15, 0.2) is 17.5 Å². The van der Waals surface area contributed by atoms with Gasteiger partial charge in [0.25, 0.3) is 0 Å². The average molecular weight is 430 g/mol. The molecule has 2 aromatic carbocycles. The second kappa shape index (κ2) is 10.7. The van der Waals surface area contributed by atoms with E-state index in [1.165, 1.54) is 0 Å². The Morgan fingerprint density at radius 1 is 1.10 bits per heavy atom. The van der Waals surface area contributed by atoms with Crippen LogP contribution in [0.5, 0.6) is 11.5 Å². The fourth-order valence-corrected chi connectivity index (χ4v) is 2.76. The lowest BCUT2D eigenvalue weighted by molar-refractivity contribution is -0.144. The molecule has 0 fully saturated rings. The van der Waals surface area contributed by atoms with E-state index in [1.54, 1.807) is 63.2 Å². The molecule has 0 aromatic heterocycles. The Labute approximate surface area is 182 Å². The Balaban J connectivity index is 2.34. The lowest BCUT2D eigenvalue weighted by atomic mass is 10.0. The maximum atomic E-state index is 12.7. The molecule has 2 aromatic rings. The normalized spacial score (nSPS) is 12.0. The Kier molecular flexibility index (Phi) is 8.27. The molecule has 0 aliphatic carbocycles. The third-order valence-electron chi connectivity index (χ3n) is 4.21. The quantitative estimate of drug-likeness (QED) is 0.245. The van der Waals surface area contributed by atoms with Gasteiger partial charge in [-0.15, -0.1) is 0 Å². The van der Waals surface area contributed by atoms with Crippen molar-refractivity contribution in [2.45, 2.75) is 39.3 Å². The highest BCUT2D eigenvalue weighted by Crippen LogP contribution is 2.33. The van der Waals surface area contributed by atoms with Crippen LogP contribution in [-0.2, 0) is 9.53 Å². The first-order chi connectivity index (χ1) is 14.6. The van der Waals surface area contributed by atoms with Crippen molar-refractivity contribution in [3.63, 3.8) is 0 Å². The Morgan fingerprint density at radius 2 is 1.77 bits per heavy atom. The summed E-state index contributed by atoms with van der Waals surface area (Å²) in [7, 11) is 0. The molecule has 0 heterocycles. The molecule has 31 heavy (non-hydrogen) atoms. The monoisotopic (exact) mass is 429 g/mol. The van der Waals surface area contributed by atoms with Crippen LogP contribution in [0.2, 0.25) is 0 Å². The van der Waals surface area contributed by atoms with Crippen molar-refractivity contribution in [2.75, 3.05) is 25.1 Å². The highest BCUT2D eigenvalue weighted by molar-refractivity contribution is 5.95. The highest BCUT2D eigenvalue weighted by atomic mass is 16.5. The van der Waals surface area contributed by atoms with E-state index in [0.717, 1.165) is 0 Å². The number of carbonyl (C=O) groups is 1. The minimum atomic E-state index is -0.997. The van der Waals surface area contributed by atoms with E-state index in [2.05, 4.69) is 5.32 Å². The molecule has 2 rings (SSSR count). The Bertz CT molecular complexity index is 891. The van der Waals surface area contributed by atoms with Crippen molar-refractivity contribution in [1.29, 1.82) is 5.41 Å². The first kappa shape index (κ1) is 24.0. The number of ether oxygens (including phenoxy) is 3. The van der Waals surface area contributed by atoms with Gasteiger partial charge in [-0.05, 0) is 69.7 Å². The minimum Gasteiger partial charge on any atom is -0.490 e. The van der Waals surface area contributed by atoms with Crippen LogP contribution in [-0.4, -0.2) is 42.3 Å². The number of rotatable bonds is 11. The summed E-state index contributed by atoms with van der Waals surface area (Å²) in [5.74, 6) is 0.468. The van der Waals surface area contributed by atoms with E-state index in [9.17, 15) is 9.90 Å². The lowest BCUT2D eigenvalue weighted by Gasteiger charge is -2.22.